The zero-order chi connectivity index (χ0) is 20.0. The second-order valence-electron chi connectivity index (χ2n) is 6.10. The standard InChI is InChI=1S/C19H19ClF3NO3/c1-24(12-18(25)26)10-9-17(13-5-7-15(20)8-6-13)27-16-4-2-3-14(11-16)19(21,22)23/h2-8,11,17H,9-10,12H2,1H3,(H,25,26)/t17-/m1/s1. The maximum absolute atomic E-state index is 12.9. The van der Waals surface area contributed by atoms with E-state index in [4.69, 9.17) is 21.4 Å². The average molecular weight is 402 g/mol. The molecule has 8 heteroatoms. The van der Waals surface area contributed by atoms with Crippen LogP contribution in [0, 0.1) is 0 Å². The van der Waals surface area contributed by atoms with Gasteiger partial charge in [-0.2, -0.15) is 13.2 Å². The minimum atomic E-state index is -4.46. The molecule has 1 atom stereocenters. The normalized spacial score (nSPS) is 12.8. The Labute approximate surface area is 160 Å². The monoisotopic (exact) mass is 401 g/mol. The van der Waals surface area contributed by atoms with Gasteiger partial charge in [0.15, 0.2) is 0 Å². The summed E-state index contributed by atoms with van der Waals surface area (Å²) in [5, 5.41) is 9.37. The fourth-order valence-corrected chi connectivity index (χ4v) is 2.65. The van der Waals surface area contributed by atoms with Gasteiger partial charge in [-0.25, -0.2) is 0 Å². The van der Waals surface area contributed by atoms with Crippen LogP contribution in [0.1, 0.15) is 23.7 Å². The molecule has 0 aliphatic rings. The van der Waals surface area contributed by atoms with E-state index in [2.05, 4.69) is 0 Å². The number of carboxylic acid groups (broad SMARTS) is 1. The lowest BCUT2D eigenvalue weighted by Gasteiger charge is -2.23. The topological polar surface area (TPSA) is 49.8 Å². The number of aliphatic carboxylic acids is 1. The highest BCUT2D eigenvalue weighted by molar-refractivity contribution is 6.30. The largest absolute Gasteiger partial charge is 0.486 e. The van der Waals surface area contributed by atoms with E-state index in [1.807, 2.05) is 0 Å². The van der Waals surface area contributed by atoms with Crippen molar-refractivity contribution < 1.29 is 27.8 Å². The van der Waals surface area contributed by atoms with Crippen molar-refractivity contribution in [1.82, 2.24) is 4.90 Å². The molecule has 0 bridgehead atoms. The van der Waals surface area contributed by atoms with Gasteiger partial charge >= 0.3 is 12.1 Å². The third kappa shape index (κ3) is 6.77. The van der Waals surface area contributed by atoms with Gasteiger partial charge in [-0.05, 0) is 42.9 Å². The highest BCUT2D eigenvalue weighted by Crippen LogP contribution is 2.33. The van der Waals surface area contributed by atoms with E-state index in [1.165, 1.54) is 12.1 Å². The van der Waals surface area contributed by atoms with E-state index in [0.717, 1.165) is 17.7 Å². The minimum Gasteiger partial charge on any atom is -0.486 e. The maximum Gasteiger partial charge on any atom is 0.416 e. The summed E-state index contributed by atoms with van der Waals surface area (Å²) in [6, 6.07) is 11.5. The Morgan fingerprint density at radius 1 is 1.22 bits per heavy atom. The number of rotatable bonds is 8. The molecular formula is C19H19ClF3NO3. The Morgan fingerprint density at radius 2 is 1.89 bits per heavy atom. The smallest absolute Gasteiger partial charge is 0.416 e. The third-order valence-corrected chi connectivity index (χ3v) is 4.11. The molecule has 4 nitrogen and oxygen atoms in total. The summed E-state index contributed by atoms with van der Waals surface area (Å²) in [4.78, 5) is 12.4. The second-order valence-corrected chi connectivity index (χ2v) is 6.54. The molecule has 0 aliphatic carbocycles. The Morgan fingerprint density at radius 3 is 2.48 bits per heavy atom. The first-order chi connectivity index (χ1) is 12.6. The van der Waals surface area contributed by atoms with Gasteiger partial charge in [0.25, 0.3) is 0 Å². The van der Waals surface area contributed by atoms with Crippen molar-refractivity contribution in [2.45, 2.75) is 18.7 Å². The van der Waals surface area contributed by atoms with Crippen molar-refractivity contribution in [2.24, 2.45) is 0 Å². The van der Waals surface area contributed by atoms with Gasteiger partial charge in [-0.1, -0.05) is 29.8 Å². The average Bonchev–Trinajstić information content (AvgIpc) is 2.58. The van der Waals surface area contributed by atoms with Crippen LogP contribution in [0.4, 0.5) is 13.2 Å². The molecule has 0 aromatic heterocycles. The van der Waals surface area contributed by atoms with E-state index in [9.17, 15) is 18.0 Å². The SMILES string of the molecule is CN(CC[C@@H](Oc1cccc(C(F)(F)F)c1)c1ccc(Cl)cc1)CC(=O)O. The number of nitrogens with zero attached hydrogens (tertiary/aromatic N) is 1. The lowest BCUT2D eigenvalue weighted by molar-refractivity contribution is -0.138. The number of hydrogen-bond acceptors (Lipinski definition) is 3. The molecule has 0 aliphatic heterocycles. The summed E-state index contributed by atoms with van der Waals surface area (Å²) < 4.78 is 44.6. The van der Waals surface area contributed by atoms with Gasteiger partial charge < -0.3 is 9.84 Å². The van der Waals surface area contributed by atoms with E-state index in [1.54, 1.807) is 36.2 Å². The Balaban J connectivity index is 2.19. The van der Waals surface area contributed by atoms with Crippen molar-refractivity contribution >= 4 is 17.6 Å². The zero-order valence-corrected chi connectivity index (χ0v) is 15.3. The first-order valence-corrected chi connectivity index (χ1v) is 8.52. The third-order valence-electron chi connectivity index (χ3n) is 3.86. The van der Waals surface area contributed by atoms with Crippen molar-refractivity contribution in [3.8, 4) is 5.75 Å². The number of carbonyl (C=O) groups is 1. The van der Waals surface area contributed by atoms with E-state index < -0.39 is 23.8 Å². The number of likely N-dealkylation sites (N-methyl/N-ethyl adjacent to an activating group) is 1. The predicted octanol–water partition coefficient (Wildman–Crippen LogP) is 4.89. The number of benzene rings is 2. The van der Waals surface area contributed by atoms with Gasteiger partial charge in [-0.3, -0.25) is 9.69 Å². The van der Waals surface area contributed by atoms with Gasteiger partial charge in [0.05, 0.1) is 12.1 Å². The van der Waals surface area contributed by atoms with Gasteiger partial charge in [0.1, 0.15) is 11.9 Å². The molecule has 0 heterocycles. The molecule has 2 aromatic rings. The molecule has 1 N–H and O–H groups in total. The summed E-state index contributed by atoms with van der Waals surface area (Å²) >= 11 is 5.89. The first-order valence-electron chi connectivity index (χ1n) is 8.15. The first kappa shape index (κ1) is 21.1. The lowest BCUT2D eigenvalue weighted by atomic mass is 10.1. The molecule has 0 saturated carbocycles. The zero-order valence-electron chi connectivity index (χ0n) is 14.5. The molecule has 27 heavy (non-hydrogen) atoms. The molecule has 2 rings (SSSR count). The van der Waals surface area contributed by atoms with Crippen LogP contribution < -0.4 is 4.74 Å². The van der Waals surface area contributed by atoms with Crippen LogP contribution in [0.5, 0.6) is 5.75 Å². The molecular weight excluding hydrogens is 383 g/mol. The predicted molar refractivity (Wildman–Crippen MR) is 96.0 cm³/mol. The Hall–Kier alpha value is -2.25. The number of halogens is 4. The molecule has 0 saturated heterocycles. The van der Waals surface area contributed by atoms with Crippen molar-refractivity contribution in [3.63, 3.8) is 0 Å². The molecule has 0 spiro atoms. The maximum atomic E-state index is 12.9. The number of ether oxygens (including phenoxy) is 1. The number of carboxylic acids is 1. The van der Waals surface area contributed by atoms with Crippen LogP contribution in [0.25, 0.3) is 0 Å². The van der Waals surface area contributed by atoms with Crippen molar-refractivity contribution in [3.05, 3.63) is 64.7 Å². The van der Waals surface area contributed by atoms with Gasteiger partial charge in [-0.15, -0.1) is 0 Å². The van der Waals surface area contributed by atoms with E-state index in [-0.39, 0.29) is 12.3 Å². The highest BCUT2D eigenvalue weighted by Gasteiger charge is 2.30. The number of hydrogen-bond donors (Lipinski definition) is 1. The summed E-state index contributed by atoms with van der Waals surface area (Å²) in [7, 11) is 1.65. The van der Waals surface area contributed by atoms with Crippen LogP contribution >= 0.6 is 11.6 Å². The summed E-state index contributed by atoms with van der Waals surface area (Å²) in [6.45, 7) is 0.245. The van der Waals surface area contributed by atoms with Crippen LogP contribution in [0.2, 0.25) is 5.02 Å². The minimum absolute atomic E-state index is 0.0886. The summed E-state index contributed by atoms with van der Waals surface area (Å²) in [5.41, 5.74) is -0.0570. The van der Waals surface area contributed by atoms with Crippen LogP contribution in [-0.2, 0) is 11.0 Å². The van der Waals surface area contributed by atoms with Crippen molar-refractivity contribution in [2.75, 3.05) is 20.1 Å². The lowest BCUT2D eigenvalue weighted by Crippen LogP contribution is -2.28. The molecule has 0 amide bonds. The van der Waals surface area contributed by atoms with E-state index in [0.29, 0.717) is 18.0 Å². The van der Waals surface area contributed by atoms with Gasteiger partial charge in [0.2, 0.25) is 0 Å². The molecule has 0 fully saturated rings. The quantitative estimate of drug-likeness (QED) is 0.684. The van der Waals surface area contributed by atoms with Crippen molar-refractivity contribution in [1.29, 1.82) is 0 Å². The number of alkyl halides is 3. The van der Waals surface area contributed by atoms with E-state index >= 15 is 0 Å². The fraction of sp³-hybridized carbons (Fsp3) is 0.316. The van der Waals surface area contributed by atoms with Crippen LogP contribution in [0.3, 0.4) is 0 Å². The highest BCUT2D eigenvalue weighted by atomic mass is 35.5. The molecule has 0 radical (unpaired) electrons. The summed E-state index contributed by atoms with van der Waals surface area (Å²) in [6.07, 6.45) is -4.62. The Kier molecular flexibility index (Phi) is 7.10. The van der Waals surface area contributed by atoms with Crippen LogP contribution in [-0.4, -0.2) is 36.1 Å². The van der Waals surface area contributed by atoms with Gasteiger partial charge in [0, 0.05) is 18.0 Å². The fourth-order valence-electron chi connectivity index (χ4n) is 2.53. The molecule has 146 valence electrons. The molecule has 2 aromatic carbocycles. The van der Waals surface area contributed by atoms with Crippen LogP contribution in [0.15, 0.2) is 48.5 Å². The summed E-state index contributed by atoms with van der Waals surface area (Å²) in [5.74, 6) is -0.870. The molecule has 0 unspecified atom stereocenters. The second kappa shape index (κ2) is 9.10. The Bertz CT molecular complexity index is 766.